The molecular formula is C13H21N3O. The van der Waals surface area contributed by atoms with Crippen molar-refractivity contribution in [2.24, 2.45) is 11.5 Å². The fourth-order valence-corrected chi connectivity index (χ4v) is 1.59. The fraction of sp³-hybridized carbons (Fsp3) is 0.462. The Kier molecular flexibility index (Phi) is 5.66. The first-order valence-corrected chi connectivity index (χ1v) is 5.94. The van der Waals surface area contributed by atoms with Crippen molar-refractivity contribution < 1.29 is 4.79 Å². The molecule has 0 saturated carbocycles. The Morgan fingerprint density at radius 1 is 1.47 bits per heavy atom. The van der Waals surface area contributed by atoms with Gasteiger partial charge in [-0.2, -0.15) is 0 Å². The number of nitrogens with one attached hydrogen (secondary N) is 1. The Labute approximate surface area is 102 Å². The van der Waals surface area contributed by atoms with Crippen LogP contribution in [0.2, 0.25) is 0 Å². The Morgan fingerprint density at radius 2 is 2.24 bits per heavy atom. The van der Waals surface area contributed by atoms with E-state index in [4.69, 9.17) is 11.5 Å². The van der Waals surface area contributed by atoms with E-state index < -0.39 is 0 Å². The molecule has 1 atom stereocenters. The van der Waals surface area contributed by atoms with Crippen LogP contribution in [0.3, 0.4) is 0 Å². The van der Waals surface area contributed by atoms with Crippen LogP contribution in [0, 0.1) is 6.92 Å². The van der Waals surface area contributed by atoms with Crippen molar-refractivity contribution in [1.82, 2.24) is 5.32 Å². The minimum absolute atomic E-state index is 0.0210. The van der Waals surface area contributed by atoms with E-state index in [1.165, 1.54) is 0 Å². The summed E-state index contributed by atoms with van der Waals surface area (Å²) in [5.74, 6) is -0.0723. The molecule has 0 aliphatic carbocycles. The number of amides is 1. The third-order valence-electron chi connectivity index (χ3n) is 2.58. The highest BCUT2D eigenvalue weighted by Gasteiger charge is 2.07. The van der Waals surface area contributed by atoms with E-state index in [1.807, 2.05) is 25.1 Å². The number of rotatable bonds is 6. The van der Waals surface area contributed by atoms with Crippen LogP contribution in [0.4, 0.5) is 0 Å². The Bertz CT molecular complexity index is 365. The molecule has 0 aliphatic heterocycles. The number of hydrogen-bond donors (Lipinski definition) is 3. The number of benzene rings is 1. The average molecular weight is 235 g/mol. The lowest BCUT2D eigenvalue weighted by molar-refractivity contribution is 0.0950. The van der Waals surface area contributed by atoms with Gasteiger partial charge in [0.25, 0.3) is 5.91 Å². The van der Waals surface area contributed by atoms with E-state index in [-0.39, 0.29) is 11.9 Å². The fourth-order valence-electron chi connectivity index (χ4n) is 1.59. The Balaban J connectivity index is 2.39. The molecule has 17 heavy (non-hydrogen) atoms. The summed E-state index contributed by atoms with van der Waals surface area (Å²) in [5, 5.41) is 2.83. The van der Waals surface area contributed by atoms with E-state index in [1.54, 1.807) is 6.07 Å². The van der Waals surface area contributed by atoms with Crippen molar-refractivity contribution in [1.29, 1.82) is 0 Å². The molecule has 0 bridgehead atoms. The molecule has 0 aromatic heterocycles. The highest BCUT2D eigenvalue weighted by Crippen LogP contribution is 2.03. The van der Waals surface area contributed by atoms with E-state index in [9.17, 15) is 4.79 Å². The van der Waals surface area contributed by atoms with E-state index in [2.05, 4.69) is 5.32 Å². The molecule has 0 unspecified atom stereocenters. The molecule has 4 heteroatoms. The molecule has 0 fully saturated rings. The quantitative estimate of drug-likeness (QED) is 0.682. The molecule has 1 amide bonds. The highest BCUT2D eigenvalue weighted by molar-refractivity contribution is 5.94. The smallest absolute Gasteiger partial charge is 0.251 e. The van der Waals surface area contributed by atoms with Crippen LogP contribution in [0.5, 0.6) is 0 Å². The minimum atomic E-state index is -0.0723. The van der Waals surface area contributed by atoms with Gasteiger partial charge in [-0.05, 0) is 38.4 Å². The summed E-state index contributed by atoms with van der Waals surface area (Å²) in [4.78, 5) is 11.8. The zero-order chi connectivity index (χ0) is 12.7. The van der Waals surface area contributed by atoms with E-state index in [0.717, 1.165) is 18.4 Å². The second kappa shape index (κ2) is 7.04. The molecule has 1 rings (SSSR count). The standard InChI is InChI=1S/C13H21N3O/c1-10-4-2-5-11(8-10)13(17)16-9-12(15)6-3-7-14/h2,4-5,8,12H,3,6-7,9,14-15H2,1H3,(H,16,17)/t12-/m0/s1. The number of hydrogen-bond acceptors (Lipinski definition) is 3. The van der Waals surface area contributed by atoms with Crippen LogP contribution in [0.15, 0.2) is 24.3 Å². The molecular weight excluding hydrogens is 214 g/mol. The Morgan fingerprint density at radius 3 is 2.88 bits per heavy atom. The predicted molar refractivity (Wildman–Crippen MR) is 69.8 cm³/mol. The van der Waals surface area contributed by atoms with Gasteiger partial charge < -0.3 is 16.8 Å². The second-order valence-corrected chi connectivity index (χ2v) is 4.27. The van der Waals surface area contributed by atoms with Gasteiger partial charge in [-0.1, -0.05) is 17.7 Å². The molecule has 5 N–H and O–H groups in total. The molecule has 94 valence electrons. The molecule has 0 spiro atoms. The zero-order valence-corrected chi connectivity index (χ0v) is 10.3. The van der Waals surface area contributed by atoms with Gasteiger partial charge in [-0.3, -0.25) is 4.79 Å². The lowest BCUT2D eigenvalue weighted by atomic mass is 10.1. The topological polar surface area (TPSA) is 81.1 Å². The molecule has 4 nitrogen and oxygen atoms in total. The SMILES string of the molecule is Cc1cccc(C(=O)NC[C@@H](N)CCCN)c1. The van der Waals surface area contributed by atoms with Crippen LogP contribution in [0.25, 0.3) is 0 Å². The molecule has 1 aromatic carbocycles. The van der Waals surface area contributed by atoms with Crippen molar-refractivity contribution in [3.63, 3.8) is 0 Å². The summed E-state index contributed by atoms with van der Waals surface area (Å²) >= 11 is 0. The Hall–Kier alpha value is -1.39. The lowest BCUT2D eigenvalue weighted by Gasteiger charge is -2.12. The summed E-state index contributed by atoms with van der Waals surface area (Å²) in [6.45, 7) is 3.09. The van der Waals surface area contributed by atoms with E-state index >= 15 is 0 Å². The second-order valence-electron chi connectivity index (χ2n) is 4.27. The summed E-state index contributed by atoms with van der Waals surface area (Å²) in [5.41, 5.74) is 13.0. The first-order chi connectivity index (χ1) is 8.13. The molecule has 0 heterocycles. The van der Waals surface area contributed by atoms with Crippen LogP contribution in [-0.2, 0) is 0 Å². The van der Waals surface area contributed by atoms with Gasteiger partial charge in [-0.25, -0.2) is 0 Å². The summed E-state index contributed by atoms with van der Waals surface area (Å²) in [6.07, 6.45) is 1.73. The number of nitrogens with two attached hydrogens (primary N) is 2. The summed E-state index contributed by atoms with van der Waals surface area (Å²) < 4.78 is 0. The van der Waals surface area contributed by atoms with Crippen molar-refractivity contribution in [3.05, 3.63) is 35.4 Å². The normalized spacial score (nSPS) is 12.2. The van der Waals surface area contributed by atoms with Crippen molar-refractivity contribution >= 4 is 5.91 Å². The van der Waals surface area contributed by atoms with Crippen LogP contribution in [0.1, 0.15) is 28.8 Å². The van der Waals surface area contributed by atoms with Crippen molar-refractivity contribution in [2.45, 2.75) is 25.8 Å². The number of carbonyl (C=O) groups is 1. The van der Waals surface area contributed by atoms with Crippen LogP contribution in [-0.4, -0.2) is 25.0 Å². The van der Waals surface area contributed by atoms with Gasteiger partial charge in [0.2, 0.25) is 0 Å². The largest absolute Gasteiger partial charge is 0.350 e. The molecule has 0 saturated heterocycles. The van der Waals surface area contributed by atoms with Gasteiger partial charge in [0.15, 0.2) is 0 Å². The lowest BCUT2D eigenvalue weighted by Crippen LogP contribution is -2.37. The van der Waals surface area contributed by atoms with Gasteiger partial charge in [0, 0.05) is 18.2 Å². The third-order valence-corrected chi connectivity index (χ3v) is 2.58. The first kappa shape index (κ1) is 13.7. The van der Waals surface area contributed by atoms with Gasteiger partial charge in [0.05, 0.1) is 0 Å². The van der Waals surface area contributed by atoms with Gasteiger partial charge >= 0.3 is 0 Å². The maximum atomic E-state index is 11.8. The predicted octanol–water partition coefficient (Wildman–Crippen LogP) is 0.791. The molecule has 0 radical (unpaired) electrons. The first-order valence-electron chi connectivity index (χ1n) is 5.94. The van der Waals surface area contributed by atoms with Gasteiger partial charge in [-0.15, -0.1) is 0 Å². The van der Waals surface area contributed by atoms with Crippen LogP contribution >= 0.6 is 0 Å². The maximum Gasteiger partial charge on any atom is 0.251 e. The number of aryl methyl sites for hydroxylation is 1. The molecule has 0 aliphatic rings. The monoisotopic (exact) mass is 235 g/mol. The van der Waals surface area contributed by atoms with E-state index in [0.29, 0.717) is 18.7 Å². The highest BCUT2D eigenvalue weighted by atomic mass is 16.1. The average Bonchev–Trinajstić information content (AvgIpc) is 2.33. The van der Waals surface area contributed by atoms with Crippen molar-refractivity contribution in [3.8, 4) is 0 Å². The number of carbonyl (C=O) groups excluding carboxylic acids is 1. The summed E-state index contributed by atoms with van der Waals surface area (Å²) in [7, 11) is 0. The third kappa shape index (κ3) is 4.97. The summed E-state index contributed by atoms with van der Waals surface area (Å²) in [6, 6.07) is 7.48. The minimum Gasteiger partial charge on any atom is -0.350 e. The zero-order valence-electron chi connectivity index (χ0n) is 10.3. The maximum absolute atomic E-state index is 11.8. The molecule has 1 aromatic rings. The van der Waals surface area contributed by atoms with Crippen LogP contribution < -0.4 is 16.8 Å². The van der Waals surface area contributed by atoms with Crippen molar-refractivity contribution in [2.75, 3.05) is 13.1 Å². The van der Waals surface area contributed by atoms with Gasteiger partial charge in [0.1, 0.15) is 0 Å².